The van der Waals surface area contributed by atoms with Crippen molar-refractivity contribution in [2.24, 2.45) is 0 Å². The molecule has 0 spiro atoms. The van der Waals surface area contributed by atoms with Gasteiger partial charge in [0.25, 0.3) is 5.91 Å². The summed E-state index contributed by atoms with van der Waals surface area (Å²) in [6, 6.07) is 28.8. The molecule has 1 N–H and O–H groups in total. The fraction of sp³-hybridized carbons (Fsp3) is 0.219. The molecule has 3 heterocycles. The largest absolute Gasteiger partial charge is 0.320 e. The lowest BCUT2D eigenvalue weighted by molar-refractivity contribution is 0.102. The standard InChI is InChI=1S/C32H30N4OS/c1-22-11-14-29(27(19-22)23-7-3-2-4-8-23)34-31(37)30-21-38-32(35-30)25-15-17-36(18-16-25)20-26-13-12-24-9-5-6-10-28(24)33-26/h2-14,19,21,25H,15-18,20H2,1H3,(H,34,37). The number of likely N-dealkylation sites (tertiary alicyclic amines) is 1. The number of fused-ring (bicyclic) bond motifs is 1. The lowest BCUT2D eigenvalue weighted by Crippen LogP contribution is -2.32. The molecule has 0 bridgehead atoms. The third-order valence-corrected chi connectivity index (χ3v) is 8.25. The fourth-order valence-electron chi connectivity index (χ4n) is 5.15. The number of para-hydroxylation sites is 1. The van der Waals surface area contributed by atoms with Crippen LogP contribution in [0.3, 0.4) is 0 Å². The van der Waals surface area contributed by atoms with Crippen LogP contribution in [0.2, 0.25) is 0 Å². The van der Waals surface area contributed by atoms with E-state index in [1.54, 1.807) is 11.3 Å². The summed E-state index contributed by atoms with van der Waals surface area (Å²) in [5.74, 6) is 0.231. The third kappa shape index (κ3) is 5.37. The van der Waals surface area contributed by atoms with Crippen LogP contribution >= 0.6 is 11.3 Å². The summed E-state index contributed by atoms with van der Waals surface area (Å²) in [6.07, 6.45) is 2.08. The first-order valence-corrected chi connectivity index (χ1v) is 14.0. The number of nitrogens with zero attached hydrogens (tertiary/aromatic N) is 3. The summed E-state index contributed by atoms with van der Waals surface area (Å²) in [4.78, 5) is 25.2. The molecule has 0 aliphatic carbocycles. The number of aromatic nitrogens is 2. The summed E-state index contributed by atoms with van der Waals surface area (Å²) in [7, 11) is 0. The molecule has 3 aromatic carbocycles. The Morgan fingerprint density at radius 2 is 1.74 bits per heavy atom. The second kappa shape index (κ2) is 10.9. The Hall–Kier alpha value is -3.87. The first kappa shape index (κ1) is 24.5. The van der Waals surface area contributed by atoms with Crippen molar-refractivity contribution >= 4 is 33.8 Å². The van der Waals surface area contributed by atoms with Gasteiger partial charge in [0, 0.05) is 34.5 Å². The third-order valence-electron chi connectivity index (χ3n) is 7.24. The molecule has 6 heteroatoms. The molecule has 0 atom stereocenters. The molecule has 5 nitrogen and oxygen atoms in total. The molecule has 1 saturated heterocycles. The number of pyridine rings is 1. The van der Waals surface area contributed by atoms with E-state index in [0.29, 0.717) is 11.6 Å². The Morgan fingerprint density at radius 3 is 2.58 bits per heavy atom. The molecule has 6 rings (SSSR count). The van der Waals surface area contributed by atoms with Crippen molar-refractivity contribution in [1.29, 1.82) is 0 Å². The molecule has 38 heavy (non-hydrogen) atoms. The predicted molar refractivity (Wildman–Crippen MR) is 156 cm³/mol. The summed E-state index contributed by atoms with van der Waals surface area (Å²) in [5, 5.41) is 7.24. The van der Waals surface area contributed by atoms with Crippen molar-refractivity contribution in [2.75, 3.05) is 18.4 Å². The Bertz CT molecular complexity index is 1570. The van der Waals surface area contributed by atoms with Gasteiger partial charge in [0.2, 0.25) is 0 Å². The van der Waals surface area contributed by atoms with Gasteiger partial charge in [-0.1, -0.05) is 66.2 Å². The topological polar surface area (TPSA) is 58.1 Å². The van der Waals surface area contributed by atoms with Crippen LogP contribution in [-0.4, -0.2) is 33.9 Å². The number of anilines is 1. The van der Waals surface area contributed by atoms with Crippen LogP contribution in [0.1, 0.15) is 45.5 Å². The van der Waals surface area contributed by atoms with Gasteiger partial charge >= 0.3 is 0 Å². The van der Waals surface area contributed by atoms with Gasteiger partial charge in [-0.2, -0.15) is 0 Å². The maximum Gasteiger partial charge on any atom is 0.275 e. The van der Waals surface area contributed by atoms with Crippen LogP contribution in [0.25, 0.3) is 22.0 Å². The van der Waals surface area contributed by atoms with E-state index < -0.39 is 0 Å². The van der Waals surface area contributed by atoms with E-state index in [-0.39, 0.29) is 5.91 Å². The van der Waals surface area contributed by atoms with Crippen molar-refractivity contribution in [3.8, 4) is 11.1 Å². The quantitative estimate of drug-likeness (QED) is 0.256. The zero-order valence-electron chi connectivity index (χ0n) is 21.4. The van der Waals surface area contributed by atoms with Crippen molar-refractivity contribution in [2.45, 2.75) is 32.2 Å². The molecule has 2 aromatic heterocycles. The minimum absolute atomic E-state index is 0.159. The molecule has 1 aliphatic rings. The Morgan fingerprint density at radius 1 is 0.947 bits per heavy atom. The highest BCUT2D eigenvalue weighted by Crippen LogP contribution is 2.32. The molecule has 0 saturated carbocycles. The van der Waals surface area contributed by atoms with Gasteiger partial charge in [-0.25, -0.2) is 4.98 Å². The average molecular weight is 519 g/mol. The second-order valence-electron chi connectivity index (χ2n) is 9.99. The predicted octanol–water partition coefficient (Wildman–Crippen LogP) is 7.30. The minimum Gasteiger partial charge on any atom is -0.320 e. The van der Waals surface area contributed by atoms with E-state index in [1.807, 2.05) is 47.8 Å². The highest BCUT2D eigenvalue weighted by molar-refractivity contribution is 7.10. The monoisotopic (exact) mass is 518 g/mol. The van der Waals surface area contributed by atoms with Gasteiger partial charge in [-0.15, -0.1) is 11.3 Å². The van der Waals surface area contributed by atoms with Crippen LogP contribution in [0, 0.1) is 6.92 Å². The van der Waals surface area contributed by atoms with Crippen LogP contribution < -0.4 is 5.32 Å². The zero-order chi connectivity index (χ0) is 25.9. The number of hydrogen-bond acceptors (Lipinski definition) is 5. The molecule has 0 radical (unpaired) electrons. The van der Waals surface area contributed by atoms with E-state index in [4.69, 9.17) is 9.97 Å². The number of amides is 1. The molecule has 5 aromatic rings. The zero-order valence-corrected chi connectivity index (χ0v) is 22.2. The van der Waals surface area contributed by atoms with Gasteiger partial charge in [0.15, 0.2) is 0 Å². The van der Waals surface area contributed by atoms with Crippen molar-refractivity contribution < 1.29 is 4.79 Å². The summed E-state index contributed by atoms with van der Waals surface area (Å²) < 4.78 is 0. The molecule has 1 amide bonds. The van der Waals surface area contributed by atoms with Crippen molar-refractivity contribution in [3.05, 3.63) is 112 Å². The van der Waals surface area contributed by atoms with E-state index in [9.17, 15) is 4.79 Å². The van der Waals surface area contributed by atoms with Gasteiger partial charge < -0.3 is 5.32 Å². The van der Waals surface area contributed by atoms with Gasteiger partial charge in [0.05, 0.1) is 16.2 Å². The number of thiazole rings is 1. The number of nitrogens with one attached hydrogen (secondary N) is 1. The van der Waals surface area contributed by atoms with Gasteiger partial charge in [-0.05, 0) is 62.7 Å². The van der Waals surface area contributed by atoms with E-state index >= 15 is 0 Å². The lowest BCUT2D eigenvalue weighted by Gasteiger charge is -2.30. The number of hydrogen-bond donors (Lipinski definition) is 1. The summed E-state index contributed by atoms with van der Waals surface area (Å²) in [5.41, 5.74) is 6.71. The highest BCUT2D eigenvalue weighted by Gasteiger charge is 2.24. The van der Waals surface area contributed by atoms with Crippen LogP contribution in [0.5, 0.6) is 0 Å². The van der Waals surface area contributed by atoms with Gasteiger partial charge in [-0.3, -0.25) is 14.7 Å². The lowest BCUT2D eigenvalue weighted by atomic mass is 9.97. The molecular formula is C32H30N4OS. The Kier molecular flexibility index (Phi) is 6.99. The summed E-state index contributed by atoms with van der Waals surface area (Å²) >= 11 is 1.60. The number of aryl methyl sites for hydroxylation is 1. The molecular weight excluding hydrogens is 488 g/mol. The maximum atomic E-state index is 13.1. The highest BCUT2D eigenvalue weighted by atomic mass is 32.1. The number of benzene rings is 3. The summed E-state index contributed by atoms with van der Waals surface area (Å²) in [6.45, 7) is 4.94. The van der Waals surface area contributed by atoms with E-state index in [1.165, 1.54) is 5.39 Å². The van der Waals surface area contributed by atoms with Crippen molar-refractivity contribution in [1.82, 2.24) is 14.9 Å². The number of piperidine rings is 1. The molecule has 1 fully saturated rings. The molecule has 190 valence electrons. The number of rotatable bonds is 6. The maximum absolute atomic E-state index is 13.1. The van der Waals surface area contributed by atoms with Crippen LogP contribution in [-0.2, 0) is 6.54 Å². The van der Waals surface area contributed by atoms with Crippen LogP contribution in [0.15, 0.2) is 90.3 Å². The fourth-order valence-corrected chi connectivity index (χ4v) is 6.12. The Labute approximate surface area is 227 Å². The second-order valence-corrected chi connectivity index (χ2v) is 10.9. The number of carbonyl (C=O) groups is 1. The van der Waals surface area contributed by atoms with E-state index in [0.717, 1.165) is 71.1 Å². The van der Waals surface area contributed by atoms with Gasteiger partial charge in [0.1, 0.15) is 5.69 Å². The molecule has 1 aliphatic heterocycles. The first-order valence-electron chi connectivity index (χ1n) is 13.1. The smallest absolute Gasteiger partial charge is 0.275 e. The first-order chi connectivity index (χ1) is 18.6. The Balaban J connectivity index is 1.09. The average Bonchev–Trinajstić information content (AvgIpc) is 3.45. The SMILES string of the molecule is Cc1ccc(NC(=O)c2csc(C3CCN(Cc4ccc5ccccc5n4)CC3)n2)c(-c2ccccc2)c1. The van der Waals surface area contributed by atoms with Crippen molar-refractivity contribution in [3.63, 3.8) is 0 Å². The normalized spacial score (nSPS) is 14.6. The molecule has 0 unspecified atom stereocenters. The number of carbonyl (C=O) groups excluding carboxylic acids is 1. The van der Waals surface area contributed by atoms with E-state index in [2.05, 4.69) is 59.6 Å². The minimum atomic E-state index is -0.159. The van der Waals surface area contributed by atoms with Crippen LogP contribution in [0.4, 0.5) is 5.69 Å².